The number of anilines is 1. The summed E-state index contributed by atoms with van der Waals surface area (Å²) < 4.78 is 0. The molecule has 1 N–H and O–H groups in total. The molecular formula is C16H17N3. The minimum Gasteiger partial charge on any atom is -0.366 e. The van der Waals surface area contributed by atoms with E-state index in [1.54, 1.807) is 12.3 Å². The summed E-state index contributed by atoms with van der Waals surface area (Å²) >= 11 is 0. The average molecular weight is 251 g/mol. The molecule has 0 atom stereocenters. The largest absolute Gasteiger partial charge is 0.366 e. The van der Waals surface area contributed by atoms with E-state index in [0.717, 1.165) is 12.4 Å². The molecule has 3 nitrogen and oxygen atoms in total. The average Bonchev–Trinajstić information content (AvgIpc) is 2.46. The van der Waals surface area contributed by atoms with Crippen LogP contribution >= 0.6 is 0 Å². The molecule has 0 unspecified atom stereocenters. The van der Waals surface area contributed by atoms with Gasteiger partial charge >= 0.3 is 0 Å². The number of nitriles is 1. The molecule has 0 radical (unpaired) electrons. The zero-order valence-electron chi connectivity index (χ0n) is 11.2. The molecule has 0 aliphatic carbocycles. The van der Waals surface area contributed by atoms with Gasteiger partial charge in [0, 0.05) is 12.7 Å². The molecule has 2 aromatic rings. The first kappa shape index (κ1) is 13.1. The highest BCUT2D eigenvalue weighted by Crippen LogP contribution is 2.15. The fraction of sp³-hybridized carbons (Fsp3) is 0.250. The molecule has 0 bridgehead atoms. The lowest BCUT2D eigenvalue weighted by Crippen LogP contribution is -2.01. The molecule has 0 fully saturated rings. The molecule has 1 heterocycles. The van der Waals surface area contributed by atoms with Gasteiger partial charge in [-0.05, 0) is 29.2 Å². The number of benzene rings is 1. The summed E-state index contributed by atoms with van der Waals surface area (Å²) in [6.07, 6.45) is 1.57. The standard InChI is InChI=1S/C16H17N3/c1-12(2)15-6-3-13(4-7-15)10-18-16-8-5-14(9-17)11-19-16/h3-8,11-12H,10H2,1-2H3,(H,18,19). The SMILES string of the molecule is CC(C)c1ccc(CNc2ccc(C#N)cn2)cc1. The second kappa shape index (κ2) is 6.01. The summed E-state index contributed by atoms with van der Waals surface area (Å²) in [5.41, 5.74) is 3.14. The Morgan fingerprint density at radius 3 is 2.42 bits per heavy atom. The number of pyridine rings is 1. The third-order valence-electron chi connectivity index (χ3n) is 3.01. The van der Waals surface area contributed by atoms with E-state index in [1.165, 1.54) is 11.1 Å². The Hall–Kier alpha value is -2.34. The number of hydrogen-bond acceptors (Lipinski definition) is 3. The predicted molar refractivity (Wildman–Crippen MR) is 76.8 cm³/mol. The highest BCUT2D eigenvalue weighted by atomic mass is 15.0. The third-order valence-corrected chi connectivity index (χ3v) is 3.01. The van der Waals surface area contributed by atoms with Crippen molar-refractivity contribution < 1.29 is 0 Å². The van der Waals surface area contributed by atoms with E-state index in [2.05, 4.69) is 54.5 Å². The van der Waals surface area contributed by atoms with Crippen molar-refractivity contribution in [2.75, 3.05) is 5.32 Å². The molecule has 0 amide bonds. The lowest BCUT2D eigenvalue weighted by atomic mass is 10.0. The predicted octanol–water partition coefficient (Wildman–Crippen LogP) is 3.69. The van der Waals surface area contributed by atoms with Gasteiger partial charge in [0.1, 0.15) is 11.9 Å². The normalized spacial score (nSPS) is 10.2. The van der Waals surface area contributed by atoms with E-state index in [0.29, 0.717) is 11.5 Å². The van der Waals surface area contributed by atoms with Gasteiger partial charge in [-0.25, -0.2) is 4.98 Å². The van der Waals surface area contributed by atoms with Crippen molar-refractivity contribution in [1.82, 2.24) is 4.98 Å². The maximum absolute atomic E-state index is 8.70. The van der Waals surface area contributed by atoms with Gasteiger partial charge in [0.25, 0.3) is 0 Å². The van der Waals surface area contributed by atoms with Crippen molar-refractivity contribution >= 4 is 5.82 Å². The maximum atomic E-state index is 8.70. The van der Waals surface area contributed by atoms with Crippen LogP contribution in [0.25, 0.3) is 0 Å². The van der Waals surface area contributed by atoms with Gasteiger partial charge in [-0.15, -0.1) is 0 Å². The monoisotopic (exact) mass is 251 g/mol. The highest BCUT2D eigenvalue weighted by molar-refractivity contribution is 5.40. The van der Waals surface area contributed by atoms with Crippen LogP contribution in [0.15, 0.2) is 42.6 Å². The Morgan fingerprint density at radius 1 is 1.16 bits per heavy atom. The summed E-state index contributed by atoms with van der Waals surface area (Å²) in [5, 5.41) is 11.9. The smallest absolute Gasteiger partial charge is 0.126 e. The molecule has 3 heteroatoms. The second-order valence-corrected chi connectivity index (χ2v) is 4.79. The van der Waals surface area contributed by atoms with Gasteiger partial charge in [0.2, 0.25) is 0 Å². The number of nitrogens with zero attached hydrogens (tertiary/aromatic N) is 2. The molecule has 0 spiro atoms. The molecule has 1 aromatic heterocycles. The zero-order valence-corrected chi connectivity index (χ0v) is 11.2. The van der Waals surface area contributed by atoms with Crippen LogP contribution in [-0.2, 0) is 6.54 Å². The van der Waals surface area contributed by atoms with E-state index < -0.39 is 0 Å². The zero-order chi connectivity index (χ0) is 13.7. The van der Waals surface area contributed by atoms with E-state index >= 15 is 0 Å². The molecule has 1 aromatic carbocycles. The van der Waals surface area contributed by atoms with Crippen molar-refractivity contribution in [3.8, 4) is 6.07 Å². The van der Waals surface area contributed by atoms with Gasteiger partial charge in [-0.3, -0.25) is 0 Å². The van der Waals surface area contributed by atoms with Gasteiger partial charge in [0.15, 0.2) is 0 Å². The number of nitrogens with one attached hydrogen (secondary N) is 1. The molecule has 19 heavy (non-hydrogen) atoms. The third kappa shape index (κ3) is 3.56. The maximum Gasteiger partial charge on any atom is 0.126 e. The van der Waals surface area contributed by atoms with E-state index in [9.17, 15) is 0 Å². The van der Waals surface area contributed by atoms with Crippen molar-refractivity contribution in [3.05, 3.63) is 59.3 Å². The van der Waals surface area contributed by atoms with Gasteiger partial charge in [0.05, 0.1) is 5.56 Å². The van der Waals surface area contributed by atoms with Crippen LogP contribution in [0.1, 0.15) is 36.5 Å². The van der Waals surface area contributed by atoms with Gasteiger partial charge in [-0.1, -0.05) is 38.1 Å². The number of rotatable bonds is 4. The van der Waals surface area contributed by atoms with Gasteiger partial charge in [-0.2, -0.15) is 5.26 Å². The van der Waals surface area contributed by atoms with E-state index in [4.69, 9.17) is 5.26 Å². The molecular weight excluding hydrogens is 234 g/mol. The fourth-order valence-corrected chi connectivity index (χ4v) is 1.78. The van der Waals surface area contributed by atoms with Crippen molar-refractivity contribution in [3.63, 3.8) is 0 Å². The highest BCUT2D eigenvalue weighted by Gasteiger charge is 1.99. The van der Waals surface area contributed by atoms with Crippen LogP contribution in [0, 0.1) is 11.3 Å². The van der Waals surface area contributed by atoms with E-state index in [1.807, 2.05) is 6.07 Å². The summed E-state index contributed by atoms with van der Waals surface area (Å²) in [4.78, 5) is 4.18. The lowest BCUT2D eigenvalue weighted by Gasteiger charge is -2.08. The Morgan fingerprint density at radius 2 is 1.89 bits per heavy atom. The van der Waals surface area contributed by atoms with Crippen molar-refractivity contribution in [2.24, 2.45) is 0 Å². The van der Waals surface area contributed by atoms with Crippen LogP contribution in [0.2, 0.25) is 0 Å². The minimum absolute atomic E-state index is 0.558. The Labute approximate surface area is 113 Å². The number of aromatic nitrogens is 1. The van der Waals surface area contributed by atoms with Crippen LogP contribution in [0.4, 0.5) is 5.82 Å². The molecule has 0 aliphatic rings. The molecule has 0 saturated heterocycles. The summed E-state index contributed by atoms with van der Waals surface area (Å²) in [5.74, 6) is 1.34. The summed E-state index contributed by atoms with van der Waals surface area (Å²) in [6.45, 7) is 5.11. The van der Waals surface area contributed by atoms with Crippen LogP contribution in [0.3, 0.4) is 0 Å². The van der Waals surface area contributed by atoms with Crippen molar-refractivity contribution in [1.29, 1.82) is 5.26 Å². The minimum atomic E-state index is 0.558. The first-order chi connectivity index (χ1) is 9.19. The first-order valence-corrected chi connectivity index (χ1v) is 6.38. The quantitative estimate of drug-likeness (QED) is 0.901. The van der Waals surface area contributed by atoms with Crippen LogP contribution in [-0.4, -0.2) is 4.98 Å². The lowest BCUT2D eigenvalue weighted by molar-refractivity contribution is 0.865. The summed E-state index contributed by atoms with van der Waals surface area (Å²) in [7, 11) is 0. The Bertz CT molecular complexity index is 562. The molecule has 0 aliphatic heterocycles. The Kier molecular flexibility index (Phi) is 4.15. The number of hydrogen-bond donors (Lipinski definition) is 1. The Balaban J connectivity index is 1.96. The van der Waals surface area contributed by atoms with Crippen LogP contribution in [0.5, 0.6) is 0 Å². The second-order valence-electron chi connectivity index (χ2n) is 4.79. The topological polar surface area (TPSA) is 48.7 Å². The molecule has 96 valence electrons. The van der Waals surface area contributed by atoms with E-state index in [-0.39, 0.29) is 0 Å². The van der Waals surface area contributed by atoms with Crippen molar-refractivity contribution in [2.45, 2.75) is 26.3 Å². The summed E-state index contributed by atoms with van der Waals surface area (Å²) in [6, 6.07) is 14.2. The first-order valence-electron chi connectivity index (χ1n) is 6.38. The molecule has 2 rings (SSSR count). The fourth-order valence-electron chi connectivity index (χ4n) is 1.78. The van der Waals surface area contributed by atoms with Gasteiger partial charge < -0.3 is 5.32 Å². The molecule has 0 saturated carbocycles. The van der Waals surface area contributed by atoms with Crippen LogP contribution < -0.4 is 5.32 Å².